The number of allylic oxidation sites excluding steroid dienone is 1. The van der Waals surface area contributed by atoms with Gasteiger partial charge in [-0.05, 0) is 17.2 Å². The minimum absolute atomic E-state index is 0. The van der Waals surface area contributed by atoms with Crippen LogP contribution in [0.4, 0.5) is 5.69 Å². The molecule has 0 fully saturated rings. The Morgan fingerprint density at radius 2 is 1.76 bits per heavy atom. The van der Waals surface area contributed by atoms with Gasteiger partial charge in [0.1, 0.15) is 0 Å². The van der Waals surface area contributed by atoms with E-state index in [2.05, 4.69) is 41.4 Å². The molecular formula is C15H8LiN. The number of aliphatic imine (C=N–C) groups is 1. The van der Waals surface area contributed by atoms with Crippen LogP contribution in [0.2, 0.25) is 0 Å². The Morgan fingerprint density at radius 1 is 0.941 bits per heavy atom. The molecule has 4 rings (SSSR count). The van der Waals surface area contributed by atoms with Gasteiger partial charge in [0.25, 0.3) is 0 Å². The third kappa shape index (κ3) is 1.37. The maximum absolute atomic E-state index is 4.68. The van der Waals surface area contributed by atoms with Crippen molar-refractivity contribution >= 4 is 23.0 Å². The van der Waals surface area contributed by atoms with Crippen LogP contribution in [0.5, 0.6) is 0 Å². The van der Waals surface area contributed by atoms with Crippen LogP contribution >= 0.6 is 0 Å². The molecule has 0 N–H and O–H groups in total. The van der Waals surface area contributed by atoms with Gasteiger partial charge in [0.15, 0.2) is 0 Å². The fourth-order valence-electron chi connectivity index (χ4n) is 2.38. The SMILES string of the molecule is [Li+].[c-]1cccc2c1C=C1C2=Nc2ccccc21. The van der Waals surface area contributed by atoms with Gasteiger partial charge in [0.05, 0.1) is 5.69 Å². The first-order valence-corrected chi connectivity index (χ1v) is 5.35. The van der Waals surface area contributed by atoms with Gasteiger partial charge in [-0.2, -0.15) is 0 Å². The third-order valence-corrected chi connectivity index (χ3v) is 3.11. The number of hydrogen-bond donors (Lipinski definition) is 0. The Labute approximate surface area is 112 Å². The predicted molar refractivity (Wildman–Crippen MR) is 65.8 cm³/mol. The van der Waals surface area contributed by atoms with Gasteiger partial charge in [-0.25, -0.2) is 0 Å². The topological polar surface area (TPSA) is 12.4 Å². The van der Waals surface area contributed by atoms with Crippen LogP contribution in [0.1, 0.15) is 16.7 Å². The van der Waals surface area contributed by atoms with Crippen molar-refractivity contribution in [3.63, 3.8) is 0 Å². The maximum atomic E-state index is 4.68. The van der Waals surface area contributed by atoms with Crippen LogP contribution < -0.4 is 18.9 Å². The summed E-state index contributed by atoms with van der Waals surface area (Å²) in [5.74, 6) is 0. The molecule has 2 aliphatic rings. The predicted octanol–water partition coefficient (Wildman–Crippen LogP) is 0.479. The summed E-state index contributed by atoms with van der Waals surface area (Å²) in [7, 11) is 0. The molecule has 0 radical (unpaired) electrons. The first kappa shape index (κ1) is 10.6. The molecule has 0 spiro atoms. The summed E-state index contributed by atoms with van der Waals surface area (Å²) in [6, 6.07) is 17.6. The van der Waals surface area contributed by atoms with Crippen molar-refractivity contribution in [3.05, 3.63) is 65.2 Å². The van der Waals surface area contributed by atoms with Gasteiger partial charge < -0.3 is 0 Å². The summed E-state index contributed by atoms with van der Waals surface area (Å²) in [6.07, 6.45) is 2.18. The molecule has 0 amide bonds. The molecule has 74 valence electrons. The summed E-state index contributed by atoms with van der Waals surface area (Å²) in [4.78, 5) is 4.68. The van der Waals surface area contributed by atoms with Gasteiger partial charge in [-0.1, -0.05) is 23.8 Å². The Morgan fingerprint density at radius 3 is 2.71 bits per heavy atom. The zero-order valence-corrected chi connectivity index (χ0v) is 9.57. The first-order chi connectivity index (χ1) is 7.93. The van der Waals surface area contributed by atoms with E-state index in [1.165, 1.54) is 16.7 Å². The van der Waals surface area contributed by atoms with Crippen molar-refractivity contribution < 1.29 is 18.9 Å². The number of fused-ring (bicyclic) bond motifs is 5. The maximum Gasteiger partial charge on any atom is 1.00 e. The van der Waals surface area contributed by atoms with Crippen LogP contribution in [0.3, 0.4) is 0 Å². The Kier molecular flexibility index (Phi) is 2.33. The molecule has 0 saturated carbocycles. The van der Waals surface area contributed by atoms with E-state index in [0.29, 0.717) is 0 Å². The molecule has 0 saturated heterocycles. The van der Waals surface area contributed by atoms with Crippen molar-refractivity contribution in [1.82, 2.24) is 0 Å². The quantitative estimate of drug-likeness (QED) is 0.442. The standard InChI is InChI=1S/C15H8N.Li/c1-2-6-11-10(5-1)9-13-12-7-3-4-8-14(12)16-15(11)13;/h1-4,6-9H;/q-1;+1. The minimum atomic E-state index is 0. The zero-order chi connectivity index (χ0) is 10.5. The summed E-state index contributed by atoms with van der Waals surface area (Å²) >= 11 is 0. The van der Waals surface area contributed by atoms with Crippen molar-refractivity contribution in [2.45, 2.75) is 0 Å². The van der Waals surface area contributed by atoms with Gasteiger partial charge in [0, 0.05) is 5.71 Å². The fraction of sp³-hybridized carbons (Fsp3) is 0. The minimum Gasteiger partial charge on any atom is -0.258 e. The van der Waals surface area contributed by atoms with Crippen LogP contribution in [0, 0.1) is 6.07 Å². The second-order valence-electron chi connectivity index (χ2n) is 4.03. The molecule has 17 heavy (non-hydrogen) atoms. The van der Waals surface area contributed by atoms with E-state index in [4.69, 9.17) is 0 Å². The van der Waals surface area contributed by atoms with Crippen molar-refractivity contribution in [2.24, 2.45) is 4.99 Å². The molecule has 0 atom stereocenters. The Hall–Kier alpha value is -1.55. The fourth-order valence-corrected chi connectivity index (χ4v) is 2.38. The van der Waals surface area contributed by atoms with Crippen molar-refractivity contribution in [3.8, 4) is 0 Å². The Bertz CT molecular complexity index is 609. The average molecular weight is 209 g/mol. The van der Waals surface area contributed by atoms with Crippen molar-refractivity contribution in [2.75, 3.05) is 0 Å². The molecule has 1 heterocycles. The van der Waals surface area contributed by atoms with Gasteiger partial charge >= 0.3 is 18.9 Å². The molecule has 1 aliphatic carbocycles. The van der Waals surface area contributed by atoms with E-state index < -0.39 is 0 Å². The van der Waals surface area contributed by atoms with Crippen molar-refractivity contribution in [1.29, 1.82) is 0 Å². The smallest absolute Gasteiger partial charge is 0.258 e. The first-order valence-electron chi connectivity index (χ1n) is 5.35. The summed E-state index contributed by atoms with van der Waals surface area (Å²) in [6.45, 7) is 0. The zero-order valence-electron chi connectivity index (χ0n) is 9.57. The molecule has 0 unspecified atom stereocenters. The van der Waals surface area contributed by atoms with E-state index in [0.717, 1.165) is 17.0 Å². The van der Waals surface area contributed by atoms with Crippen LogP contribution in [-0.4, -0.2) is 5.71 Å². The molecule has 1 nitrogen and oxygen atoms in total. The number of hydrogen-bond acceptors (Lipinski definition) is 1. The van der Waals surface area contributed by atoms with Crippen LogP contribution in [0.25, 0.3) is 11.6 Å². The van der Waals surface area contributed by atoms with Crippen LogP contribution in [-0.2, 0) is 0 Å². The number of benzene rings is 2. The molecule has 2 heteroatoms. The van der Waals surface area contributed by atoms with Gasteiger partial charge in [0.2, 0.25) is 0 Å². The summed E-state index contributed by atoms with van der Waals surface area (Å²) < 4.78 is 0. The Balaban J connectivity index is 0.000000902. The average Bonchev–Trinajstić information content (AvgIpc) is 2.85. The number of rotatable bonds is 0. The normalized spacial score (nSPS) is 14.1. The molecule has 1 aliphatic heterocycles. The molecule has 2 aromatic carbocycles. The second kappa shape index (κ2) is 3.74. The van der Waals surface area contributed by atoms with E-state index in [1.54, 1.807) is 0 Å². The van der Waals surface area contributed by atoms with E-state index in [1.807, 2.05) is 18.2 Å². The number of nitrogens with zero attached hydrogens (tertiary/aromatic N) is 1. The van der Waals surface area contributed by atoms with Gasteiger partial charge in [-0.3, -0.25) is 4.99 Å². The van der Waals surface area contributed by atoms with E-state index in [9.17, 15) is 0 Å². The third-order valence-electron chi connectivity index (χ3n) is 3.11. The second-order valence-corrected chi connectivity index (χ2v) is 4.03. The monoisotopic (exact) mass is 209 g/mol. The summed E-state index contributed by atoms with van der Waals surface area (Å²) in [5.41, 5.74) is 7.03. The molecular weight excluding hydrogens is 201 g/mol. The molecule has 0 aromatic heterocycles. The van der Waals surface area contributed by atoms with Crippen LogP contribution in [0.15, 0.2) is 47.5 Å². The number of para-hydroxylation sites is 1. The van der Waals surface area contributed by atoms with E-state index in [-0.39, 0.29) is 18.9 Å². The van der Waals surface area contributed by atoms with Gasteiger partial charge in [-0.15, -0.1) is 35.9 Å². The largest absolute Gasteiger partial charge is 1.00 e. The molecule has 0 bridgehead atoms. The van der Waals surface area contributed by atoms with E-state index >= 15 is 0 Å². The summed E-state index contributed by atoms with van der Waals surface area (Å²) in [5, 5.41) is 0. The molecule has 2 aromatic rings.